The lowest BCUT2D eigenvalue weighted by Gasteiger charge is -2.20. The lowest BCUT2D eigenvalue weighted by Crippen LogP contribution is -2.16. The topological polar surface area (TPSA) is 35.2 Å². The number of halogens is 3. The van der Waals surface area contributed by atoms with E-state index >= 15 is 0 Å². The number of hydrogen-bond acceptors (Lipinski definition) is 2. The summed E-state index contributed by atoms with van der Waals surface area (Å²) in [7, 11) is 0. The normalized spacial score (nSPS) is 16.9. The molecule has 0 saturated carbocycles. The van der Waals surface area contributed by atoms with Gasteiger partial charge in [-0.25, -0.2) is 0 Å². The number of nitrogens with two attached hydrogens (primary N) is 1. The van der Waals surface area contributed by atoms with E-state index in [1.54, 1.807) is 12.1 Å². The van der Waals surface area contributed by atoms with Gasteiger partial charge in [-0.2, -0.15) is 13.2 Å². The van der Waals surface area contributed by atoms with E-state index in [1.165, 1.54) is 0 Å². The van der Waals surface area contributed by atoms with Crippen LogP contribution in [-0.4, -0.2) is 12.8 Å². The van der Waals surface area contributed by atoms with Crippen molar-refractivity contribution in [3.63, 3.8) is 0 Å². The molecule has 0 bridgehead atoms. The van der Waals surface area contributed by atoms with Crippen LogP contribution in [0.4, 0.5) is 13.2 Å². The Balaban J connectivity index is 2.04. The molecular formula is C13H16F3NO. The van der Waals surface area contributed by atoms with Crippen molar-refractivity contribution in [2.75, 3.05) is 6.61 Å². The fourth-order valence-corrected chi connectivity index (χ4v) is 2.10. The molecule has 18 heavy (non-hydrogen) atoms. The van der Waals surface area contributed by atoms with Gasteiger partial charge in [-0.3, -0.25) is 0 Å². The van der Waals surface area contributed by atoms with Crippen LogP contribution in [0.25, 0.3) is 0 Å². The van der Waals surface area contributed by atoms with Crippen LogP contribution in [0.5, 0.6) is 5.75 Å². The highest BCUT2D eigenvalue weighted by Crippen LogP contribution is 2.30. The molecule has 1 aliphatic heterocycles. The molecule has 1 unspecified atom stereocenters. The van der Waals surface area contributed by atoms with Crippen molar-refractivity contribution in [1.29, 1.82) is 0 Å². The molecule has 1 atom stereocenters. The van der Waals surface area contributed by atoms with E-state index in [0.29, 0.717) is 6.61 Å². The molecule has 100 valence electrons. The molecule has 2 nitrogen and oxygen atoms in total. The van der Waals surface area contributed by atoms with Crippen molar-refractivity contribution in [3.8, 4) is 5.75 Å². The zero-order valence-electron chi connectivity index (χ0n) is 9.96. The summed E-state index contributed by atoms with van der Waals surface area (Å²) < 4.78 is 41.8. The van der Waals surface area contributed by atoms with E-state index in [4.69, 9.17) is 10.5 Å². The predicted molar refractivity (Wildman–Crippen MR) is 62.5 cm³/mol. The van der Waals surface area contributed by atoms with E-state index in [2.05, 4.69) is 0 Å². The van der Waals surface area contributed by atoms with Gasteiger partial charge in [0.05, 0.1) is 6.61 Å². The Kier molecular flexibility index (Phi) is 3.80. The Bertz CT molecular complexity index is 417. The molecule has 1 aliphatic rings. The molecule has 1 aromatic rings. The third-order valence-corrected chi connectivity index (χ3v) is 3.10. The number of benzene rings is 1. The number of alkyl halides is 3. The molecule has 0 spiro atoms. The fraction of sp³-hybridized carbons (Fsp3) is 0.538. The molecule has 2 N–H and O–H groups in total. The highest BCUT2D eigenvalue weighted by molar-refractivity contribution is 5.39. The third-order valence-electron chi connectivity index (χ3n) is 3.10. The van der Waals surface area contributed by atoms with Crippen molar-refractivity contribution < 1.29 is 17.9 Å². The van der Waals surface area contributed by atoms with E-state index in [1.807, 2.05) is 6.07 Å². The van der Waals surface area contributed by atoms with Crippen LogP contribution in [0.3, 0.4) is 0 Å². The monoisotopic (exact) mass is 259 g/mol. The first-order valence-electron chi connectivity index (χ1n) is 6.04. The Morgan fingerprint density at radius 2 is 2.11 bits per heavy atom. The average molecular weight is 259 g/mol. The Labute approximate surface area is 104 Å². The van der Waals surface area contributed by atoms with Crippen molar-refractivity contribution in [1.82, 2.24) is 0 Å². The van der Waals surface area contributed by atoms with E-state index in [9.17, 15) is 13.2 Å². The smallest absolute Gasteiger partial charge is 0.389 e. The van der Waals surface area contributed by atoms with Crippen LogP contribution in [0.2, 0.25) is 0 Å². The zero-order chi connectivity index (χ0) is 13.2. The van der Waals surface area contributed by atoms with Crippen molar-refractivity contribution in [3.05, 3.63) is 29.3 Å². The lowest BCUT2D eigenvalue weighted by molar-refractivity contribution is -0.136. The minimum Gasteiger partial charge on any atom is -0.493 e. The van der Waals surface area contributed by atoms with Gasteiger partial charge in [-0.1, -0.05) is 12.1 Å². The summed E-state index contributed by atoms with van der Waals surface area (Å²) in [6, 6.07) is 4.86. The standard InChI is InChI=1S/C13H16F3NO/c14-13(15,16)6-5-11(17)9-3-4-12-10(8-9)2-1-7-18-12/h3-4,8,11H,1-2,5-7,17H2. The van der Waals surface area contributed by atoms with Crippen LogP contribution < -0.4 is 10.5 Å². The van der Waals surface area contributed by atoms with Crippen LogP contribution in [0.1, 0.15) is 36.4 Å². The number of aryl methyl sites for hydroxylation is 1. The summed E-state index contributed by atoms with van der Waals surface area (Å²) in [5.74, 6) is 0.827. The van der Waals surface area contributed by atoms with E-state index in [0.717, 1.165) is 29.7 Å². The molecule has 1 aromatic carbocycles. The first-order valence-corrected chi connectivity index (χ1v) is 6.04. The maximum Gasteiger partial charge on any atom is 0.389 e. The van der Waals surface area contributed by atoms with Crippen LogP contribution >= 0.6 is 0 Å². The van der Waals surface area contributed by atoms with Gasteiger partial charge in [0.1, 0.15) is 5.75 Å². The van der Waals surface area contributed by atoms with Gasteiger partial charge < -0.3 is 10.5 Å². The molecule has 0 fully saturated rings. The van der Waals surface area contributed by atoms with Crippen molar-refractivity contribution in [2.24, 2.45) is 5.73 Å². The SMILES string of the molecule is NC(CCC(F)(F)F)c1ccc2c(c1)CCCO2. The quantitative estimate of drug-likeness (QED) is 0.903. The Morgan fingerprint density at radius 3 is 2.83 bits per heavy atom. The largest absolute Gasteiger partial charge is 0.493 e. The second-order valence-corrected chi connectivity index (χ2v) is 4.58. The second kappa shape index (κ2) is 5.18. The lowest BCUT2D eigenvalue weighted by atomic mass is 9.97. The van der Waals surface area contributed by atoms with E-state index in [-0.39, 0.29) is 6.42 Å². The third kappa shape index (κ3) is 3.38. The Hall–Kier alpha value is -1.23. The summed E-state index contributed by atoms with van der Waals surface area (Å²) in [6.45, 7) is 0.701. The van der Waals surface area contributed by atoms with Gasteiger partial charge in [0.2, 0.25) is 0 Å². The molecule has 0 amide bonds. The number of hydrogen-bond donors (Lipinski definition) is 1. The molecule has 2 rings (SSSR count). The summed E-state index contributed by atoms with van der Waals surface area (Å²) >= 11 is 0. The van der Waals surface area contributed by atoms with Gasteiger partial charge >= 0.3 is 6.18 Å². The molecule has 0 saturated heterocycles. The minimum absolute atomic E-state index is 0.0802. The fourth-order valence-electron chi connectivity index (χ4n) is 2.10. The number of rotatable bonds is 3. The second-order valence-electron chi connectivity index (χ2n) is 4.58. The summed E-state index contributed by atoms with van der Waals surface area (Å²) in [5.41, 5.74) is 7.59. The zero-order valence-corrected chi connectivity index (χ0v) is 9.96. The molecule has 1 heterocycles. The van der Waals surface area contributed by atoms with Gasteiger partial charge in [0.15, 0.2) is 0 Å². The van der Waals surface area contributed by atoms with Gasteiger partial charge in [0, 0.05) is 12.5 Å². The summed E-state index contributed by atoms with van der Waals surface area (Å²) in [4.78, 5) is 0. The summed E-state index contributed by atoms with van der Waals surface area (Å²) in [6.07, 6.45) is -3.23. The summed E-state index contributed by atoms with van der Waals surface area (Å²) in [5, 5.41) is 0. The van der Waals surface area contributed by atoms with Gasteiger partial charge in [-0.15, -0.1) is 0 Å². The van der Waals surface area contributed by atoms with Crippen LogP contribution in [0, 0.1) is 0 Å². The van der Waals surface area contributed by atoms with Crippen molar-refractivity contribution >= 4 is 0 Å². The van der Waals surface area contributed by atoms with Gasteiger partial charge in [-0.05, 0) is 36.5 Å². The van der Waals surface area contributed by atoms with Crippen LogP contribution in [0.15, 0.2) is 18.2 Å². The number of ether oxygens (including phenoxy) is 1. The van der Waals surface area contributed by atoms with E-state index < -0.39 is 18.6 Å². The molecule has 5 heteroatoms. The first-order chi connectivity index (χ1) is 8.46. The molecular weight excluding hydrogens is 243 g/mol. The maximum absolute atomic E-state index is 12.1. The predicted octanol–water partition coefficient (Wildman–Crippen LogP) is 3.35. The minimum atomic E-state index is -4.14. The average Bonchev–Trinajstić information content (AvgIpc) is 2.34. The Morgan fingerprint density at radius 1 is 1.33 bits per heavy atom. The van der Waals surface area contributed by atoms with Crippen LogP contribution in [-0.2, 0) is 6.42 Å². The molecule has 0 aliphatic carbocycles. The maximum atomic E-state index is 12.1. The van der Waals surface area contributed by atoms with Crippen molar-refractivity contribution in [2.45, 2.75) is 37.9 Å². The first kappa shape index (κ1) is 13.2. The highest BCUT2D eigenvalue weighted by atomic mass is 19.4. The molecule has 0 aromatic heterocycles. The molecule has 0 radical (unpaired) electrons. The van der Waals surface area contributed by atoms with Gasteiger partial charge in [0.25, 0.3) is 0 Å². The number of fused-ring (bicyclic) bond motifs is 1. The highest BCUT2D eigenvalue weighted by Gasteiger charge is 2.28.